The number of hydrogen-bond donors (Lipinski definition) is 2. The van der Waals surface area contributed by atoms with Crippen molar-refractivity contribution >= 4 is 17.8 Å². The number of nitrogens with zero attached hydrogens (tertiary/aromatic N) is 2. The number of carbonyl (C=O) groups is 2. The molecule has 2 fully saturated rings. The first kappa shape index (κ1) is 17.7. The zero-order valence-corrected chi connectivity index (χ0v) is 15.0. The Morgan fingerprint density at radius 3 is 2.48 bits per heavy atom. The van der Waals surface area contributed by atoms with Crippen molar-refractivity contribution in [2.24, 2.45) is 5.92 Å². The highest BCUT2D eigenvalue weighted by Crippen LogP contribution is 2.21. The van der Waals surface area contributed by atoms with Gasteiger partial charge in [-0.05, 0) is 44.7 Å². The fraction of sp³-hybridized carbons (Fsp3) is 0.632. The molecule has 1 aromatic heterocycles. The molecule has 1 aliphatic carbocycles. The minimum atomic E-state index is -0.0546. The third-order valence-electron chi connectivity index (χ3n) is 5.23. The number of hydrogen-bond acceptors (Lipinski definition) is 3. The second-order valence-electron chi connectivity index (χ2n) is 7.20. The molecule has 0 radical (unpaired) electrons. The lowest BCUT2D eigenvalue weighted by atomic mass is 9.95. The van der Waals surface area contributed by atoms with E-state index in [2.05, 4.69) is 15.6 Å². The van der Waals surface area contributed by atoms with E-state index >= 15 is 0 Å². The van der Waals surface area contributed by atoms with Crippen LogP contribution in [0.5, 0.6) is 0 Å². The second-order valence-corrected chi connectivity index (χ2v) is 7.20. The van der Waals surface area contributed by atoms with Gasteiger partial charge in [0.1, 0.15) is 5.82 Å². The molecular formula is C19H28N4O2. The third-order valence-corrected chi connectivity index (χ3v) is 5.23. The smallest absolute Gasteiger partial charge is 0.317 e. The van der Waals surface area contributed by atoms with Gasteiger partial charge in [0.25, 0.3) is 0 Å². The molecule has 6 heteroatoms. The van der Waals surface area contributed by atoms with Gasteiger partial charge in [-0.2, -0.15) is 0 Å². The summed E-state index contributed by atoms with van der Waals surface area (Å²) in [6.07, 6.45) is 7.29. The number of urea groups is 1. The van der Waals surface area contributed by atoms with Crippen molar-refractivity contribution in [3.8, 4) is 0 Å². The summed E-state index contributed by atoms with van der Waals surface area (Å²) in [5.74, 6) is 0.550. The minimum absolute atomic E-state index is 0.00504. The van der Waals surface area contributed by atoms with Crippen LogP contribution in [-0.2, 0) is 4.79 Å². The Bertz CT molecular complexity index is 605. The molecule has 0 aromatic carbocycles. The predicted molar refractivity (Wildman–Crippen MR) is 97.3 cm³/mol. The van der Waals surface area contributed by atoms with E-state index in [9.17, 15) is 9.59 Å². The van der Waals surface area contributed by atoms with E-state index in [4.69, 9.17) is 0 Å². The Labute approximate surface area is 149 Å². The SMILES string of the molecule is Cc1cccc(NC(=O)C2CCN(C(=O)NC3CCCCC3)CC2)n1. The summed E-state index contributed by atoms with van der Waals surface area (Å²) >= 11 is 0. The number of nitrogens with one attached hydrogen (secondary N) is 2. The molecular weight excluding hydrogens is 316 g/mol. The van der Waals surface area contributed by atoms with Gasteiger partial charge >= 0.3 is 6.03 Å². The van der Waals surface area contributed by atoms with Gasteiger partial charge in [-0.1, -0.05) is 25.3 Å². The van der Waals surface area contributed by atoms with Gasteiger partial charge in [0.15, 0.2) is 0 Å². The highest BCUT2D eigenvalue weighted by Gasteiger charge is 2.28. The monoisotopic (exact) mass is 344 g/mol. The van der Waals surface area contributed by atoms with Crippen molar-refractivity contribution in [3.05, 3.63) is 23.9 Å². The molecule has 2 heterocycles. The molecule has 3 rings (SSSR count). The molecule has 6 nitrogen and oxygen atoms in total. The molecule has 0 atom stereocenters. The van der Waals surface area contributed by atoms with Gasteiger partial charge in [-0.25, -0.2) is 9.78 Å². The number of rotatable bonds is 3. The molecule has 0 unspecified atom stereocenters. The summed E-state index contributed by atoms with van der Waals surface area (Å²) in [6, 6.07) is 5.95. The summed E-state index contributed by atoms with van der Waals surface area (Å²) in [7, 11) is 0. The Kier molecular flexibility index (Phi) is 5.89. The van der Waals surface area contributed by atoms with Gasteiger partial charge in [0.05, 0.1) is 0 Å². The van der Waals surface area contributed by atoms with Gasteiger partial charge in [-0.3, -0.25) is 4.79 Å². The van der Waals surface area contributed by atoms with Crippen molar-refractivity contribution < 1.29 is 9.59 Å². The summed E-state index contributed by atoms with van der Waals surface area (Å²) in [5.41, 5.74) is 0.881. The first-order valence-electron chi connectivity index (χ1n) is 9.42. The summed E-state index contributed by atoms with van der Waals surface area (Å²) in [5, 5.41) is 6.05. The fourth-order valence-electron chi connectivity index (χ4n) is 3.70. The van der Waals surface area contributed by atoms with Crippen molar-refractivity contribution in [2.45, 2.75) is 57.9 Å². The fourth-order valence-corrected chi connectivity index (χ4v) is 3.70. The van der Waals surface area contributed by atoms with Crippen LogP contribution >= 0.6 is 0 Å². The van der Waals surface area contributed by atoms with E-state index in [0.29, 0.717) is 37.8 Å². The van der Waals surface area contributed by atoms with E-state index in [1.165, 1.54) is 19.3 Å². The van der Waals surface area contributed by atoms with E-state index < -0.39 is 0 Å². The van der Waals surface area contributed by atoms with Crippen LogP contribution in [0.3, 0.4) is 0 Å². The average Bonchev–Trinajstić information content (AvgIpc) is 2.62. The Morgan fingerprint density at radius 2 is 1.80 bits per heavy atom. The van der Waals surface area contributed by atoms with Gasteiger partial charge in [0, 0.05) is 30.7 Å². The van der Waals surface area contributed by atoms with Crippen LogP contribution in [0, 0.1) is 12.8 Å². The second kappa shape index (κ2) is 8.32. The van der Waals surface area contributed by atoms with Crippen molar-refractivity contribution in [3.63, 3.8) is 0 Å². The molecule has 25 heavy (non-hydrogen) atoms. The van der Waals surface area contributed by atoms with Crippen molar-refractivity contribution in [1.29, 1.82) is 0 Å². The molecule has 1 saturated heterocycles. The van der Waals surface area contributed by atoms with Gasteiger partial charge < -0.3 is 15.5 Å². The lowest BCUT2D eigenvalue weighted by Crippen LogP contribution is -2.49. The molecule has 2 N–H and O–H groups in total. The maximum atomic E-state index is 12.4. The van der Waals surface area contributed by atoms with Crippen LogP contribution in [0.4, 0.5) is 10.6 Å². The molecule has 0 spiro atoms. The zero-order chi connectivity index (χ0) is 17.6. The number of anilines is 1. The average molecular weight is 344 g/mol. The third kappa shape index (κ3) is 4.94. The van der Waals surface area contributed by atoms with Crippen LogP contribution in [-0.4, -0.2) is 41.0 Å². The Hall–Kier alpha value is -2.11. The van der Waals surface area contributed by atoms with E-state index in [-0.39, 0.29) is 17.9 Å². The van der Waals surface area contributed by atoms with Crippen LogP contribution in [0.2, 0.25) is 0 Å². The van der Waals surface area contributed by atoms with Gasteiger partial charge in [0.2, 0.25) is 5.91 Å². The number of aryl methyl sites for hydroxylation is 1. The van der Waals surface area contributed by atoms with Crippen molar-refractivity contribution in [2.75, 3.05) is 18.4 Å². The highest BCUT2D eigenvalue weighted by molar-refractivity contribution is 5.91. The maximum Gasteiger partial charge on any atom is 0.317 e. The molecule has 1 aliphatic heterocycles. The van der Waals surface area contributed by atoms with Gasteiger partial charge in [-0.15, -0.1) is 0 Å². The van der Waals surface area contributed by atoms with E-state index in [1.807, 2.05) is 24.0 Å². The minimum Gasteiger partial charge on any atom is -0.335 e. The number of amides is 3. The first-order valence-corrected chi connectivity index (χ1v) is 9.42. The van der Waals surface area contributed by atoms with Crippen LogP contribution in [0.15, 0.2) is 18.2 Å². The van der Waals surface area contributed by atoms with E-state index in [0.717, 1.165) is 18.5 Å². The standard InChI is InChI=1S/C19H28N4O2/c1-14-6-5-9-17(20-14)22-18(24)15-10-12-23(13-11-15)19(25)21-16-7-3-2-4-8-16/h5-6,9,15-16H,2-4,7-8,10-13H2,1H3,(H,21,25)(H,20,22,24). The topological polar surface area (TPSA) is 74.3 Å². The maximum absolute atomic E-state index is 12.4. The summed E-state index contributed by atoms with van der Waals surface area (Å²) in [4.78, 5) is 30.9. The number of pyridine rings is 1. The Balaban J connectivity index is 1.44. The highest BCUT2D eigenvalue weighted by atomic mass is 16.2. The molecule has 3 amide bonds. The van der Waals surface area contributed by atoms with Crippen molar-refractivity contribution in [1.82, 2.24) is 15.2 Å². The zero-order valence-electron chi connectivity index (χ0n) is 15.0. The van der Waals surface area contributed by atoms with Crippen LogP contribution in [0.1, 0.15) is 50.6 Å². The first-order chi connectivity index (χ1) is 12.1. The quantitative estimate of drug-likeness (QED) is 0.885. The molecule has 136 valence electrons. The van der Waals surface area contributed by atoms with Crippen LogP contribution in [0.25, 0.3) is 0 Å². The molecule has 2 aliphatic rings. The number of carbonyl (C=O) groups excluding carboxylic acids is 2. The number of piperidine rings is 1. The molecule has 1 saturated carbocycles. The summed E-state index contributed by atoms with van der Waals surface area (Å²) in [6.45, 7) is 3.18. The predicted octanol–water partition coefficient (Wildman–Crippen LogP) is 3.08. The van der Waals surface area contributed by atoms with Crippen LogP contribution < -0.4 is 10.6 Å². The lowest BCUT2D eigenvalue weighted by molar-refractivity contribution is -0.121. The number of likely N-dealkylation sites (tertiary alicyclic amines) is 1. The normalized spacial score (nSPS) is 19.5. The largest absolute Gasteiger partial charge is 0.335 e. The van der Waals surface area contributed by atoms with E-state index in [1.54, 1.807) is 6.07 Å². The molecule has 1 aromatic rings. The number of aromatic nitrogens is 1. The molecule has 0 bridgehead atoms. The summed E-state index contributed by atoms with van der Waals surface area (Å²) < 4.78 is 0. The lowest BCUT2D eigenvalue weighted by Gasteiger charge is -2.33. The Morgan fingerprint density at radius 1 is 1.08 bits per heavy atom.